The fraction of sp³-hybridized carbons (Fsp3) is 0.524. The fourth-order valence-electron chi connectivity index (χ4n) is 3.21. The minimum absolute atomic E-state index is 0.107. The van der Waals surface area contributed by atoms with Gasteiger partial charge in [-0.25, -0.2) is 19.2 Å². The number of hydrogen-bond acceptors (Lipinski definition) is 8. The van der Waals surface area contributed by atoms with Gasteiger partial charge in [0.15, 0.2) is 18.4 Å². The Morgan fingerprint density at radius 2 is 1.59 bits per heavy atom. The molecule has 176 valence electrons. The van der Waals surface area contributed by atoms with Crippen molar-refractivity contribution in [3.05, 3.63) is 36.5 Å². The number of amides is 2. The number of rotatable bonds is 8. The highest BCUT2D eigenvalue weighted by Crippen LogP contribution is 2.31. The number of nitrogens with zero attached hydrogens (tertiary/aromatic N) is 1. The average molecular weight is 471 g/mol. The van der Waals surface area contributed by atoms with Crippen molar-refractivity contribution in [3.63, 3.8) is 0 Å². The van der Waals surface area contributed by atoms with Gasteiger partial charge in [0.2, 0.25) is 0 Å². The molecule has 0 aliphatic carbocycles. The number of allylic oxidation sites excluding steroid dienone is 3. The Balaban J connectivity index is 2.35. The van der Waals surface area contributed by atoms with Crippen molar-refractivity contribution < 1.29 is 38.1 Å². The van der Waals surface area contributed by atoms with E-state index in [2.05, 4.69) is 5.32 Å². The van der Waals surface area contributed by atoms with Crippen LogP contribution in [0.3, 0.4) is 0 Å². The number of esters is 3. The number of ether oxygens (including phenoxy) is 4. The molecule has 2 heterocycles. The topological polar surface area (TPSA) is 120 Å². The van der Waals surface area contributed by atoms with Crippen molar-refractivity contribution >= 4 is 35.5 Å². The summed E-state index contributed by atoms with van der Waals surface area (Å²) in [5.74, 6) is -2.06. The van der Waals surface area contributed by atoms with Gasteiger partial charge < -0.3 is 24.3 Å². The van der Waals surface area contributed by atoms with Crippen LogP contribution in [0.4, 0.5) is 4.79 Å². The summed E-state index contributed by atoms with van der Waals surface area (Å²) in [6.45, 7) is 4.98. The zero-order valence-corrected chi connectivity index (χ0v) is 18.8. The molecule has 2 saturated heterocycles. The van der Waals surface area contributed by atoms with E-state index in [1.54, 1.807) is 20.8 Å². The molecule has 2 aliphatic rings. The van der Waals surface area contributed by atoms with Crippen LogP contribution in [0.5, 0.6) is 0 Å². The van der Waals surface area contributed by atoms with Gasteiger partial charge in [0, 0.05) is 31.3 Å². The van der Waals surface area contributed by atoms with E-state index >= 15 is 0 Å². The third-order valence-electron chi connectivity index (χ3n) is 4.53. The van der Waals surface area contributed by atoms with Crippen LogP contribution in [-0.4, -0.2) is 78.5 Å². The minimum atomic E-state index is -1.19. The number of nitrogens with one attached hydrogen (secondary N) is 1. The van der Waals surface area contributed by atoms with E-state index in [-0.39, 0.29) is 19.7 Å². The SMILES string of the molecule is C/C=C/C(=O)OC[C@H]1O[C@@H](N2CC(Cl)CNC2=O)[C@@H](OC(=O)/C=C/C)[C@@H]1OC(=O)/C=C/C. The van der Waals surface area contributed by atoms with Crippen LogP contribution < -0.4 is 5.32 Å². The second-order valence-electron chi connectivity index (χ2n) is 6.93. The predicted molar refractivity (Wildman–Crippen MR) is 114 cm³/mol. The van der Waals surface area contributed by atoms with E-state index in [0.29, 0.717) is 0 Å². The Bertz CT molecular complexity index is 797. The van der Waals surface area contributed by atoms with Gasteiger partial charge in [0.25, 0.3) is 0 Å². The third kappa shape index (κ3) is 6.83. The molecule has 0 aromatic rings. The van der Waals surface area contributed by atoms with E-state index < -0.39 is 53.9 Å². The molecule has 32 heavy (non-hydrogen) atoms. The number of carbonyl (C=O) groups is 4. The molecule has 10 nitrogen and oxygen atoms in total. The maximum Gasteiger partial charge on any atom is 0.330 e. The van der Waals surface area contributed by atoms with E-state index in [1.807, 2.05) is 0 Å². The van der Waals surface area contributed by atoms with Gasteiger partial charge in [0.05, 0.1) is 5.38 Å². The van der Waals surface area contributed by atoms with Crippen molar-refractivity contribution in [3.8, 4) is 0 Å². The molecule has 5 atom stereocenters. The summed E-state index contributed by atoms with van der Waals surface area (Å²) < 4.78 is 22.1. The van der Waals surface area contributed by atoms with E-state index in [1.165, 1.54) is 41.4 Å². The highest BCUT2D eigenvalue weighted by atomic mass is 35.5. The maximum atomic E-state index is 12.5. The van der Waals surface area contributed by atoms with Crippen LogP contribution in [0, 0.1) is 0 Å². The first-order valence-corrected chi connectivity index (χ1v) is 10.5. The first-order chi connectivity index (χ1) is 15.3. The molecule has 0 spiro atoms. The zero-order valence-electron chi connectivity index (χ0n) is 18.1. The molecule has 1 unspecified atom stereocenters. The Kier molecular flexibility index (Phi) is 9.73. The molecule has 0 aromatic carbocycles. The van der Waals surface area contributed by atoms with E-state index in [9.17, 15) is 19.2 Å². The monoisotopic (exact) mass is 470 g/mol. The summed E-state index contributed by atoms with van der Waals surface area (Å²) >= 11 is 6.19. The van der Waals surface area contributed by atoms with Gasteiger partial charge in [-0.05, 0) is 20.8 Å². The first kappa shape index (κ1) is 25.4. The van der Waals surface area contributed by atoms with Crippen molar-refractivity contribution in [2.75, 3.05) is 19.7 Å². The molecule has 0 saturated carbocycles. The second kappa shape index (κ2) is 12.3. The highest BCUT2D eigenvalue weighted by molar-refractivity contribution is 6.21. The predicted octanol–water partition coefficient (Wildman–Crippen LogP) is 1.44. The van der Waals surface area contributed by atoms with Crippen molar-refractivity contribution in [1.29, 1.82) is 0 Å². The van der Waals surface area contributed by atoms with Crippen LogP contribution in [0.1, 0.15) is 20.8 Å². The fourth-order valence-corrected chi connectivity index (χ4v) is 3.43. The smallest absolute Gasteiger partial charge is 0.330 e. The highest BCUT2D eigenvalue weighted by Gasteiger charge is 2.53. The van der Waals surface area contributed by atoms with Crippen LogP contribution in [-0.2, 0) is 33.3 Å². The van der Waals surface area contributed by atoms with Crippen LogP contribution in [0.15, 0.2) is 36.5 Å². The van der Waals surface area contributed by atoms with Gasteiger partial charge in [-0.15, -0.1) is 11.6 Å². The number of halogens is 1. The quantitative estimate of drug-likeness (QED) is 0.245. The third-order valence-corrected chi connectivity index (χ3v) is 4.82. The van der Waals surface area contributed by atoms with Crippen molar-refractivity contribution in [2.45, 2.75) is 50.7 Å². The van der Waals surface area contributed by atoms with Crippen LogP contribution >= 0.6 is 11.6 Å². The number of urea groups is 1. The molecular formula is C21H27ClN2O8. The minimum Gasteiger partial charge on any atom is -0.460 e. The standard InChI is InChI=1S/C21H27ClN2O8/c1-4-7-15(25)29-12-14-18(31-16(26)8-5-2)19(32-17(27)9-6-3)20(30-14)24-11-13(22)10-23-21(24)28/h4-9,13-14,18-20H,10-12H2,1-3H3,(H,23,28)/b7-4+,8-5+,9-6+/t13?,14-,18-,19+,20-/m1/s1. The van der Waals surface area contributed by atoms with E-state index in [0.717, 1.165) is 0 Å². The lowest BCUT2D eigenvalue weighted by Gasteiger charge is -2.36. The number of alkyl halides is 1. The summed E-state index contributed by atoms with van der Waals surface area (Å²) in [7, 11) is 0. The molecule has 0 aromatic heterocycles. The molecule has 2 amide bonds. The molecule has 2 fully saturated rings. The van der Waals surface area contributed by atoms with Crippen LogP contribution in [0.2, 0.25) is 0 Å². The summed E-state index contributed by atoms with van der Waals surface area (Å²) in [6, 6.07) is -0.482. The molecule has 1 N–H and O–H groups in total. The number of carbonyl (C=O) groups excluding carboxylic acids is 4. The Morgan fingerprint density at radius 3 is 2.19 bits per heavy atom. The lowest BCUT2D eigenvalue weighted by Crippen LogP contribution is -2.59. The summed E-state index contributed by atoms with van der Waals surface area (Å²) in [5, 5.41) is 2.20. The Hall–Kier alpha value is -2.85. The normalized spacial score (nSPS) is 28.3. The second-order valence-corrected chi connectivity index (χ2v) is 7.55. The molecule has 0 bridgehead atoms. The van der Waals surface area contributed by atoms with Gasteiger partial charge in [-0.2, -0.15) is 0 Å². The van der Waals surface area contributed by atoms with Crippen molar-refractivity contribution in [1.82, 2.24) is 10.2 Å². The average Bonchev–Trinajstić information content (AvgIpc) is 3.05. The zero-order chi connectivity index (χ0) is 23.7. The molecule has 2 aliphatic heterocycles. The molecule has 0 radical (unpaired) electrons. The van der Waals surface area contributed by atoms with Gasteiger partial charge >= 0.3 is 23.9 Å². The molecule has 2 rings (SSSR count). The van der Waals surface area contributed by atoms with E-state index in [4.69, 9.17) is 30.5 Å². The van der Waals surface area contributed by atoms with Gasteiger partial charge in [-0.3, -0.25) is 4.90 Å². The summed E-state index contributed by atoms with van der Waals surface area (Å²) in [4.78, 5) is 49.9. The Labute approximate surface area is 191 Å². The Morgan fingerprint density at radius 1 is 1.03 bits per heavy atom. The lowest BCUT2D eigenvalue weighted by atomic mass is 10.1. The summed E-state index contributed by atoms with van der Waals surface area (Å²) in [6.07, 6.45) is 3.57. The van der Waals surface area contributed by atoms with Gasteiger partial charge in [0.1, 0.15) is 12.7 Å². The van der Waals surface area contributed by atoms with Crippen molar-refractivity contribution in [2.24, 2.45) is 0 Å². The first-order valence-electron chi connectivity index (χ1n) is 10.1. The largest absolute Gasteiger partial charge is 0.460 e. The van der Waals surface area contributed by atoms with Crippen LogP contribution in [0.25, 0.3) is 0 Å². The molecule has 11 heteroatoms. The molecular weight excluding hydrogens is 444 g/mol. The maximum absolute atomic E-state index is 12.5. The number of hydrogen-bond donors (Lipinski definition) is 1. The lowest BCUT2D eigenvalue weighted by molar-refractivity contribution is -0.163. The van der Waals surface area contributed by atoms with Gasteiger partial charge in [-0.1, -0.05) is 18.2 Å². The summed E-state index contributed by atoms with van der Waals surface area (Å²) in [5.41, 5.74) is 0.